The van der Waals surface area contributed by atoms with E-state index in [0.717, 1.165) is 34.9 Å². The minimum Gasteiger partial charge on any atom is -0.462 e. The largest absolute Gasteiger partial charge is 0.462 e. The first-order chi connectivity index (χ1) is 22.8. The van der Waals surface area contributed by atoms with Crippen molar-refractivity contribution in [2.75, 3.05) is 19.8 Å². The zero-order valence-electron chi connectivity index (χ0n) is 26.6. The number of para-hydroxylation sites is 1. The van der Waals surface area contributed by atoms with E-state index in [1.54, 1.807) is 11.0 Å². The van der Waals surface area contributed by atoms with Crippen molar-refractivity contribution in [3.05, 3.63) is 97.2 Å². The Hall–Kier alpha value is -4.90. The van der Waals surface area contributed by atoms with E-state index in [-0.39, 0.29) is 56.9 Å². The van der Waals surface area contributed by atoms with Gasteiger partial charge in [0.15, 0.2) is 0 Å². The normalized spacial score (nSPS) is 16.1. The number of esters is 1. The Morgan fingerprint density at radius 2 is 1.74 bits per heavy atom. The molecule has 4 N–H and O–H groups in total. The lowest BCUT2D eigenvalue weighted by molar-refractivity contribution is -0.147. The number of benzene rings is 2. The number of ether oxygens (including phenoxy) is 2. The van der Waals surface area contributed by atoms with Crippen molar-refractivity contribution in [3.63, 3.8) is 0 Å². The molecule has 0 spiro atoms. The van der Waals surface area contributed by atoms with Crippen molar-refractivity contribution in [2.45, 2.75) is 63.3 Å². The van der Waals surface area contributed by atoms with Gasteiger partial charge in [-0.3, -0.25) is 9.59 Å². The third kappa shape index (κ3) is 10.0. The maximum absolute atomic E-state index is 13.6. The van der Waals surface area contributed by atoms with Gasteiger partial charge in [0.1, 0.15) is 19.3 Å². The molecule has 3 amide bonds. The van der Waals surface area contributed by atoms with Crippen LogP contribution in [0.3, 0.4) is 0 Å². The SMILES string of the molecule is C=CCC(CC(=O)N1CCCC1CO)C(=O)NC(COC(=O)C(CC=C)NC(=O)OCc1ccccc1)Cc1c[nH]c2ccccc12. The molecule has 3 aromatic rings. The maximum atomic E-state index is 13.6. The number of hydrogen-bond donors (Lipinski definition) is 4. The summed E-state index contributed by atoms with van der Waals surface area (Å²) in [6.07, 6.45) is 6.36. The van der Waals surface area contributed by atoms with Crippen LogP contribution in [0.2, 0.25) is 0 Å². The molecule has 250 valence electrons. The molecule has 1 fully saturated rings. The van der Waals surface area contributed by atoms with Gasteiger partial charge < -0.3 is 35.1 Å². The Morgan fingerprint density at radius 1 is 1.00 bits per heavy atom. The van der Waals surface area contributed by atoms with E-state index >= 15 is 0 Å². The first-order valence-electron chi connectivity index (χ1n) is 15.9. The molecule has 1 aromatic heterocycles. The number of fused-ring (bicyclic) bond motifs is 1. The third-order valence-corrected chi connectivity index (χ3v) is 8.26. The van der Waals surface area contributed by atoms with E-state index < -0.39 is 30.1 Å². The van der Waals surface area contributed by atoms with E-state index in [9.17, 15) is 24.3 Å². The van der Waals surface area contributed by atoms with Crippen LogP contribution >= 0.6 is 0 Å². The van der Waals surface area contributed by atoms with E-state index in [1.165, 1.54) is 6.08 Å². The summed E-state index contributed by atoms with van der Waals surface area (Å²) in [5.74, 6) is -1.97. The molecule has 0 radical (unpaired) electrons. The molecule has 4 rings (SSSR count). The summed E-state index contributed by atoms with van der Waals surface area (Å²) in [7, 11) is 0. The van der Waals surface area contributed by atoms with Crippen molar-refractivity contribution < 1.29 is 33.8 Å². The van der Waals surface area contributed by atoms with Crippen LogP contribution in [0.25, 0.3) is 10.9 Å². The van der Waals surface area contributed by atoms with Gasteiger partial charge in [0.2, 0.25) is 11.8 Å². The summed E-state index contributed by atoms with van der Waals surface area (Å²) in [5, 5.41) is 16.2. The number of carbonyl (C=O) groups is 4. The standard InChI is InChI=1S/C36H44N4O7/c1-3-11-26(20-33(42)40-18-10-15-29(40)22-41)34(43)38-28(19-27-21-37-31-17-9-8-16-30(27)31)24-46-35(44)32(12-4-2)39-36(45)47-23-25-13-6-5-7-14-25/h3-9,13-14,16-17,21,26,28-29,32,37,41H,1-2,10-12,15,18-20,22-24H2,(H,38,43)(H,39,45). The predicted molar refractivity (Wildman–Crippen MR) is 178 cm³/mol. The van der Waals surface area contributed by atoms with E-state index in [1.807, 2.05) is 60.8 Å². The van der Waals surface area contributed by atoms with Gasteiger partial charge in [-0.1, -0.05) is 60.7 Å². The van der Waals surface area contributed by atoms with Gasteiger partial charge in [0.25, 0.3) is 0 Å². The molecule has 1 aliphatic rings. The fourth-order valence-electron chi connectivity index (χ4n) is 5.77. The van der Waals surface area contributed by atoms with Crippen molar-refractivity contribution in [3.8, 4) is 0 Å². The van der Waals surface area contributed by atoms with Gasteiger partial charge in [-0.2, -0.15) is 0 Å². The first kappa shape index (κ1) is 35.0. The molecule has 47 heavy (non-hydrogen) atoms. The van der Waals surface area contributed by atoms with Gasteiger partial charge in [-0.05, 0) is 49.3 Å². The summed E-state index contributed by atoms with van der Waals surface area (Å²) in [4.78, 5) is 57.3. The van der Waals surface area contributed by atoms with Gasteiger partial charge in [-0.25, -0.2) is 9.59 Å². The number of aliphatic hydroxyl groups is 1. The van der Waals surface area contributed by atoms with Crippen LogP contribution in [0, 0.1) is 5.92 Å². The predicted octanol–water partition coefficient (Wildman–Crippen LogP) is 4.18. The number of nitrogens with one attached hydrogen (secondary N) is 3. The summed E-state index contributed by atoms with van der Waals surface area (Å²) in [5.41, 5.74) is 2.63. The number of aliphatic hydroxyl groups excluding tert-OH is 1. The highest BCUT2D eigenvalue weighted by molar-refractivity contribution is 5.87. The Labute approximate surface area is 275 Å². The molecule has 2 heterocycles. The molecule has 4 unspecified atom stereocenters. The lowest BCUT2D eigenvalue weighted by atomic mass is 9.97. The molecule has 11 heteroatoms. The fourth-order valence-corrected chi connectivity index (χ4v) is 5.77. The van der Waals surface area contributed by atoms with Crippen LogP contribution < -0.4 is 10.6 Å². The number of nitrogens with zero attached hydrogens (tertiary/aromatic N) is 1. The number of aromatic amines is 1. The van der Waals surface area contributed by atoms with Gasteiger partial charge in [-0.15, -0.1) is 13.2 Å². The van der Waals surface area contributed by atoms with Crippen LogP contribution in [0.4, 0.5) is 4.79 Å². The third-order valence-electron chi connectivity index (χ3n) is 8.26. The van der Waals surface area contributed by atoms with Gasteiger partial charge in [0.05, 0.1) is 24.6 Å². The Kier molecular flexibility index (Phi) is 13.2. The second-order valence-corrected chi connectivity index (χ2v) is 11.7. The summed E-state index contributed by atoms with van der Waals surface area (Å²) in [6.45, 7) is 7.73. The Morgan fingerprint density at radius 3 is 2.49 bits per heavy atom. The summed E-state index contributed by atoms with van der Waals surface area (Å²) >= 11 is 0. The average molecular weight is 645 g/mol. The highest BCUT2D eigenvalue weighted by atomic mass is 16.6. The molecule has 4 atom stereocenters. The van der Waals surface area contributed by atoms with E-state index in [2.05, 4.69) is 28.8 Å². The second-order valence-electron chi connectivity index (χ2n) is 11.7. The number of carbonyl (C=O) groups excluding carboxylic acids is 4. The highest BCUT2D eigenvalue weighted by Crippen LogP contribution is 2.22. The van der Waals surface area contributed by atoms with Crippen LogP contribution in [-0.4, -0.2) is 76.8 Å². The van der Waals surface area contributed by atoms with Crippen LogP contribution in [0.1, 0.15) is 43.2 Å². The second kappa shape index (κ2) is 17.7. The lowest BCUT2D eigenvalue weighted by Gasteiger charge is -2.26. The minimum absolute atomic E-state index is 0.0358. The number of rotatable bonds is 17. The Balaban J connectivity index is 1.43. The maximum Gasteiger partial charge on any atom is 0.408 e. The molecule has 0 aliphatic carbocycles. The number of aromatic nitrogens is 1. The lowest BCUT2D eigenvalue weighted by Crippen LogP contribution is -2.47. The number of likely N-dealkylation sites (tertiary alicyclic amines) is 1. The number of H-pyrrole nitrogens is 1. The summed E-state index contributed by atoms with van der Waals surface area (Å²) < 4.78 is 10.9. The van der Waals surface area contributed by atoms with E-state index in [0.29, 0.717) is 13.0 Å². The number of allylic oxidation sites excluding steroid dienone is 1. The molecule has 2 aromatic carbocycles. The first-order valence-corrected chi connectivity index (χ1v) is 15.9. The van der Waals surface area contributed by atoms with E-state index in [4.69, 9.17) is 9.47 Å². The number of amides is 3. The average Bonchev–Trinajstić information content (AvgIpc) is 3.73. The van der Waals surface area contributed by atoms with Crippen molar-refractivity contribution in [1.82, 2.24) is 20.5 Å². The highest BCUT2D eigenvalue weighted by Gasteiger charge is 2.32. The van der Waals surface area contributed by atoms with Crippen molar-refractivity contribution >= 4 is 34.8 Å². The van der Waals surface area contributed by atoms with Crippen LogP contribution in [-0.2, 0) is 36.9 Å². The molecule has 0 bridgehead atoms. The Bertz CT molecular complexity index is 1520. The molecular weight excluding hydrogens is 600 g/mol. The molecular formula is C36H44N4O7. The molecule has 1 aliphatic heterocycles. The quantitative estimate of drug-likeness (QED) is 0.127. The molecule has 11 nitrogen and oxygen atoms in total. The number of alkyl carbamates (subject to hydrolysis) is 1. The van der Waals surface area contributed by atoms with Crippen molar-refractivity contribution in [1.29, 1.82) is 0 Å². The minimum atomic E-state index is -1.05. The molecule has 1 saturated heterocycles. The van der Waals surface area contributed by atoms with Gasteiger partial charge in [0, 0.05) is 30.1 Å². The number of hydrogen-bond acceptors (Lipinski definition) is 7. The topological polar surface area (TPSA) is 150 Å². The zero-order valence-corrected chi connectivity index (χ0v) is 26.6. The van der Waals surface area contributed by atoms with Gasteiger partial charge >= 0.3 is 12.1 Å². The van der Waals surface area contributed by atoms with Crippen LogP contribution in [0.15, 0.2) is 86.1 Å². The van der Waals surface area contributed by atoms with Crippen LogP contribution in [0.5, 0.6) is 0 Å². The zero-order chi connectivity index (χ0) is 33.6. The summed E-state index contributed by atoms with van der Waals surface area (Å²) in [6, 6.07) is 14.9. The van der Waals surface area contributed by atoms with Crippen molar-refractivity contribution in [2.24, 2.45) is 5.92 Å². The fraction of sp³-hybridized carbons (Fsp3) is 0.389. The monoisotopic (exact) mass is 644 g/mol. The smallest absolute Gasteiger partial charge is 0.408 e. The molecule has 0 saturated carbocycles.